The number of carbonyl (C=O) groups is 2. The molecule has 7 heteroatoms. The van der Waals surface area contributed by atoms with Gasteiger partial charge < -0.3 is 10.2 Å². The van der Waals surface area contributed by atoms with Crippen molar-refractivity contribution in [2.45, 2.75) is 46.6 Å². The van der Waals surface area contributed by atoms with Crippen molar-refractivity contribution in [3.8, 4) is 11.3 Å². The van der Waals surface area contributed by atoms with Gasteiger partial charge in [-0.2, -0.15) is 0 Å². The number of aromatic nitrogens is 1. The van der Waals surface area contributed by atoms with E-state index in [1.165, 1.54) is 11.3 Å². The predicted molar refractivity (Wildman–Crippen MR) is 106 cm³/mol. The first kappa shape index (κ1) is 20.9. The molecule has 1 aromatic carbocycles. The van der Waals surface area contributed by atoms with Gasteiger partial charge in [0, 0.05) is 23.9 Å². The highest BCUT2D eigenvalue weighted by atomic mass is 32.1. The summed E-state index contributed by atoms with van der Waals surface area (Å²) in [5.74, 6) is -1.02. The summed E-state index contributed by atoms with van der Waals surface area (Å²) in [6, 6.07) is 5.19. The van der Waals surface area contributed by atoms with Gasteiger partial charge in [0.25, 0.3) is 0 Å². The fraction of sp³-hybridized carbons (Fsp3) is 0.450. The molecule has 2 N–H and O–H groups in total. The fourth-order valence-corrected chi connectivity index (χ4v) is 3.89. The zero-order valence-corrected chi connectivity index (χ0v) is 16.9. The minimum atomic E-state index is -1.21. The lowest BCUT2D eigenvalue weighted by Gasteiger charge is -2.27. The summed E-state index contributed by atoms with van der Waals surface area (Å²) in [5, 5.41) is 21.6. The summed E-state index contributed by atoms with van der Waals surface area (Å²) in [4.78, 5) is 28.7. The number of carboxylic acids is 1. The molecule has 0 radical (unpaired) electrons. The number of aliphatic carboxylic acids is 1. The van der Waals surface area contributed by atoms with Crippen LogP contribution in [0.25, 0.3) is 11.3 Å². The maximum absolute atomic E-state index is 11.6. The smallest absolute Gasteiger partial charge is 0.408 e. The average Bonchev–Trinajstić information content (AvgIpc) is 3.01. The molecule has 0 fully saturated rings. The topological polar surface area (TPSA) is 90.7 Å². The standard InChI is InChI=1S/C20H26N2O4S/c1-12(2)7-17(19(23)24)22(20(25)26)6-5-18-21-16(11-27-18)15-9-13(3)8-14(4)10-15/h8-12,17H,5-7H2,1-4H3,(H,23,24)(H,25,26). The van der Waals surface area contributed by atoms with Crippen LogP contribution in [-0.4, -0.2) is 44.7 Å². The van der Waals surface area contributed by atoms with Crippen LogP contribution in [0.4, 0.5) is 4.79 Å². The minimum Gasteiger partial charge on any atom is -0.480 e. The van der Waals surface area contributed by atoms with Gasteiger partial charge in [0.15, 0.2) is 0 Å². The van der Waals surface area contributed by atoms with Gasteiger partial charge >= 0.3 is 12.1 Å². The summed E-state index contributed by atoms with van der Waals surface area (Å²) in [6.07, 6.45) is -0.536. The highest BCUT2D eigenvalue weighted by Crippen LogP contribution is 2.25. The van der Waals surface area contributed by atoms with Gasteiger partial charge in [0.2, 0.25) is 0 Å². The first-order valence-electron chi connectivity index (χ1n) is 8.92. The number of nitrogens with zero attached hydrogens (tertiary/aromatic N) is 2. The van der Waals surface area contributed by atoms with Crippen molar-refractivity contribution >= 4 is 23.4 Å². The van der Waals surface area contributed by atoms with E-state index in [1.807, 2.05) is 33.1 Å². The molecule has 1 amide bonds. The maximum Gasteiger partial charge on any atom is 0.408 e. The highest BCUT2D eigenvalue weighted by molar-refractivity contribution is 7.09. The van der Waals surface area contributed by atoms with Gasteiger partial charge in [0.1, 0.15) is 6.04 Å². The number of rotatable bonds is 8. The Morgan fingerprint density at radius 3 is 2.30 bits per heavy atom. The molecule has 1 unspecified atom stereocenters. The Morgan fingerprint density at radius 2 is 1.78 bits per heavy atom. The molecule has 6 nitrogen and oxygen atoms in total. The lowest BCUT2D eigenvalue weighted by atomic mass is 10.0. The monoisotopic (exact) mass is 390 g/mol. The summed E-state index contributed by atoms with van der Waals surface area (Å²) >= 11 is 1.47. The third-order valence-electron chi connectivity index (χ3n) is 4.24. The molecule has 146 valence electrons. The Kier molecular flexibility index (Phi) is 6.96. The number of thiazole rings is 1. The molecule has 27 heavy (non-hydrogen) atoms. The average molecular weight is 391 g/mol. The predicted octanol–water partition coefficient (Wildman–Crippen LogP) is 4.45. The number of aryl methyl sites for hydroxylation is 2. The molecule has 2 aromatic rings. The molecule has 0 bridgehead atoms. The summed E-state index contributed by atoms with van der Waals surface area (Å²) in [6.45, 7) is 7.95. The number of benzene rings is 1. The number of carboxylic acid groups (broad SMARTS) is 2. The second-order valence-electron chi connectivity index (χ2n) is 7.21. The van der Waals surface area contributed by atoms with Gasteiger partial charge in [0.05, 0.1) is 10.7 Å². The maximum atomic E-state index is 11.6. The van der Waals surface area contributed by atoms with Crippen LogP contribution >= 0.6 is 11.3 Å². The Hall–Kier alpha value is -2.41. The molecule has 0 spiro atoms. The quantitative estimate of drug-likeness (QED) is 0.695. The molecule has 0 aliphatic rings. The lowest BCUT2D eigenvalue weighted by Crippen LogP contribution is -2.46. The molecule has 1 heterocycles. The Morgan fingerprint density at radius 1 is 1.15 bits per heavy atom. The van der Waals surface area contributed by atoms with Gasteiger partial charge in [-0.1, -0.05) is 31.0 Å². The normalized spacial score (nSPS) is 12.2. The van der Waals surface area contributed by atoms with Crippen LogP contribution in [0, 0.1) is 19.8 Å². The van der Waals surface area contributed by atoms with Crippen LogP contribution in [0.3, 0.4) is 0 Å². The molecule has 0 saturated carbocycles. The van der Waals surface area contributed by atoms with Crippen LogP contribution in [0.15, 0.2) is 23.6 Å². The van der Waals surface area contributed by atoms with E-state index >= 15 is 0 Å². The van der Waals surface area contributed by atoms with Crippen LogP contribution in [-0.2, 0) is 11.2 Å². The van der Waals surface area contributed by atoms with E-state index < -0.39 is 18.1 Å². The third kappa shape index (κ3) is 5.79. The summed E-state index contributed by atoms with van der Waals surface area (Å²) < 4.78 is 0. The van der Waals surface area contributed by atoms with Crippen LogP contribution in [0.1, 0.15) is 36.4 Å². The molecule has 2 rings (SSSR count). The van der Waals surface area contributed by atoms with E-state index in [-0.39, 0.29) is 18.9 Å². The second kappa shape index (κ2) is 8.99. The van der Waals surface area contributed by atoms with E-state index in [0.717, 1.165) is 32.3 Å². The van der Waals surface area contributed by atoms with Crippen molar-refractivity contribution in [2.75, 3.05) is 6.54 Å². The molecular weight excluding hydrogens is 364 g/mol. The van der Waals surface area contributed by atoms with E-state index in [4.69, 9.17) is 0 Å². The van der Waals surface area contributed by atoms with Gasteiger partial charge in [-0.3, -0.25) is 4.90 Å². The summed E-state index contributed by atoms with van der Waals surface area (Å²) in [5.41, 5.74) is 4.22. The van der Waals surface area contributed by atoms with E-state index in [2.05, 4.69) is 23.2 Å². The third-order valence-corrected chi connectivity index (χ3v) is 5.15. The van der Waals surface area contributed by atoms with Gasteiger partial charge in [-0.25, -0.2) is 14.6 Å². The first-order valence-corrected chi connectivity index (χ1v) is 9.80. The van der Waals surface area contributed by atoms with E-state index in [0.29, 0.717) is 6.42 Å². The van der Waals surface area contributed by atoms with Gasteiger partial charge in [-0.05, 0) is 38.3 Å². The molecule has 0 saturated heterocycles. The molecule has 0 aliphatic carbocycles. The fourth-order valence-electron chi connectivity index (χ4n) is 3.09. The van der Waals surface area contributed by atoms with E-state index in [1.54, 1.807) is 0 Å². The van der Waals surface area contributed by atoms with Crippen molar-refractivity contribution in [1.29, 1.82) is 0 Å². The highest BCUT2D eigenvalue weighted by Gasteiger charge is 2.30. The van der Waals surface area contributed by atoms with Gasteiger partial charge in [-0.15, -0.1) is 11.3 Å². The molecule has 1 atom stereocenters. The van der Waals surface area contributed by atoms with Crippen molar-refractivity contribution < 1.29 is 19.8 Å². The Balaban J connectivity index is 2.13. The largest absolute Gasteiger partial charge is 0.480 e. The lowest BCUT2D eigenvalue weighted by molar-refractivity contribution is -0.143. The van der Waals surface area contributed by atoms with E-state index in [9.17, 15) is 19.8 Å². The number of hydrogen-bond donors (Lipinski definition) is 2. The second-order valence-corrected chi connectivity index (χ2v) is 8.16. The van der Waals surface area contributed by atoms with Crippen LogP contribution in [0.5, 0.6) is 0 Å². The number of hydrogen-bond acceptors (Lipinski definition) is 4. The minimum absolute atomic E-state index is 0.0870. The van der Waals surface area contributed by atoms with Crippen molar-refractivity contribution in [3.05, 3.63) is 39.7 Å². The first-order chi connectivity index (χ1) is 12.7. The van der Waals surface area contributed by atoms with Crippen LogP contribution < -0.4 is 0 Å². The van der Waals surface area contributed by atoms with Crippen molar-refractivity contribution in [1.82, 2.24) is 9.88 Å². The SMILES string of the molecule is Cc1cc(C)cc(-c2csc(CCN(C(=O)O)C(CC(C)C)C(=O)O)n2)c1. The number of amides is 1. The zero-order chi connectivity index (χ0) is 20.1. The molecule has 1 aromatic heterocycles. The van der Waals surface area contributed by atoms with Crippen molar-refractivity contribution in [3.63, 3.8) is 0 Å². The van der Waals surface area contributed by atoms with Crippen molar-refractivity contribution in [2.24, 2.45) is 5.92 Å². The molecule has 0 aliphatic heterocycles. The Labute approximate surface area is 163 Å². The molecular formula is C20H26N2O4S. The summed E-state index contributed by atoms with van der Waals surface area (Å²) in [7, 11) is 0. The Bertz CT molecular complexity index is 796. The van der Waals surface area contributed by atoms with Crippen LogP contribution in [0.2, 0.25) is 0 Å². The zero-order valence-electron chi connectivity index (χ0n) is 16.1.